The summed E-state index contributed by atoms with van der Waals surface area (Å²) in [6.07, 6.45) is 1.69. The predicted octanol–water partition coefficient (Wildman–Crippen LogP) is 1.82. The summed E-state index contributed by atoms with van der Waals surface area (Å²) in [7, 11) is 0. The van der Waals surface area contributed by atoms with E-state index in [0.717, 1.165) is 23.9 Å². The van der Waals surface area contributed by atoms with E-state index in [2.05, 4.69) is 21.2 Å². The van der Waals surface area contributed by atoms with Crippen LogP contribution in [0.5, 0.6) is 0 Å². The van der Waals surface area contributed by atoms with Gasteiger partial charge in [-0.1, -0.05) is 0 Å². The Balaban J connectivity index is 1.92. The van der Waals surface area contributed by atoms with Crippen molar-refractivity contribution in [1.82, 2.24) is 4.90 Å². The fourth-order valence-corrected chi connectivity index (χ4v) is 2.98. The molecular weight excluding hydrogens is 322 g/mol. The number of nitrogens with two attached hydrogens (primary N) is 1. The van der Waals surface area contributed by atoms with Crippen LogP contribution in [0.3, 0.4) is 0 Å². The van der Waals surface area contributed by atoms with Crippen LogP contribution in [0.4, 0.5) is 11.4 Å². The van der Waals surface area contributed by atoms with Crippen LogP contribution in [0.25, 0.3) is 0 Å². The molecule has 4 N–H and O–H groups in total. The molecule has 5 nitrogen and oxygen atoms in total. The number of aliphatic hydroxyl groups is 1. The van der Waals surface area contributed by atoms with Gasteiger partial charge in [0.1, 0.15) is 0 Å². The van der Waals surface area contributed by atoms with Crippen molar-refractivity contribution in [2.75, 3.05) is 30.7 Å². The van der Waals surface area contributed by atoms with E-state index >= 15 is 0 Å². The first-order valence-corrected chi connectivity index (χ1v) is 7.45. The van der Waals surface area contributed by atoms with E-state index in [0.29, 0.717) is 17.9 Å². The minimum absolute atomic E-state index is 0.0897. The van der Waals surface area contributed by atoms with Gasteiger partial charge in [0.2, 0.25) is 5.91 Å². The van der Waals surface area contributed by atoms with Crippen molar-refractivity contribution in [3.05, 3.63) is 22.7 Å². The molecule has 0 radical (unpaired) electrons. The maximum atomic E-state index is 12.0. The first-order chi connectivity index (χ1) is 9.35. The Labute approximate surface area is 127 Å². The number of nitrogens with one attached hydrogen (secondary N) is 1. The molecule has 1 atom stereocenters. The van der Waals surface area contributed by atoms with Crippen molar-refractivity contribution in [3.8, 4) is 0 Å². The number of anilines is 2. The number of carbonyl (C=O) groups is 1. The molecular formula is C14H20BrN3O2. The van der Waals surface area contributed by atoms with Crippen molar-refractivity contribution >= 4 is 33.2 Å². The molecule has 1 amide bonds. The molecule has 2 rings (SSSR count). The van der Waals surface area contributed by atoms with Crippen LogP contribution in [0, 0.1) is 0 Å². The highest BCUT2D eigenvalue weighted by atomic mass is 79.9. The van der Waals surface area contributed by atoms with Gasteiger partial charge in [0.15, 0.2) is 0 Å². The number of hydrogen-bond acceptors (Lipinski definition) is 4. The number of benzene rings is 1. The Morgan fingerprint density at radius 2 is 2.35 bits per heavy atom. The summed E-state index contributed by atoms with van der Waals surface area (Å²) in [6.45, 7) is 3.47. The van der Waals surface area contributed by atoms with Crippen molar-refractivity contribution < 1.29 is 9.90 Å². The largest absolute Gasteiger partial charge is 0.399 e. The Morgan fingerprint density at radius 3 is 3.00 bits per heavy atom. The molecule has 1 saturated heterocycles. The van der Waals surface area contributed by atoms with E-state index in [4.69, 9.17) is 5.73 Å². The van der Waals surface area contributed by atoms with Crippen molar-refractivity contribution in [2.24, 2.45) is 0 Å². The van der Waals surface area contributed by atoms with Gasteiger partial charge in [-0.05, 0) is 60.4 Å². The normalized spacial score (nSPS) is 23.6. The highest BCUT2D eigenvalue weighted by Gasteiger charge is 2.29. The predicted molar refractivity (Wildman–Crippen MR) is 83.5 cm³/mol. The molecule has 20 heavy (non-hydrogen) atoms. The standard InChI is InChI=1S/C14H20BrN3O2/c1-14(20)5-2-6-18(9-14)8-13(19)17-12-4-3-10(16)7-11(12)15/h3-4,7,20H,2,5-6,8-9,16H2,1H3,(H,17,19). The molecule has 1 fully saturated rings. The van der Waals surface area contributed by atoms with Gasteiger partial charge in [-0.15, -0.1) is 0 Å². The first-order valence-electron chi connectivity index (χ1n) is 6.65. The van der Waals surface area contributed by atoms with Crippen LogP contribution in [-0.4, -0.2) is 41.1 Å². The maximum absolute atomic E-state index is 12.0. The molecule has 0 saturated carbocycles. The molecule has 0 aliphatic carbocycles. The Morgan fingerprint density at radius 1 is 1.60 bits per heavy atom. The zero-order valence-electron chi connectivity index (χ0n) is 11.5. The second-order valence-electron chi connectivity index (χ2n) is 5.60. The van der Waals surface area contributed by atoms with Gasteiger partial charge >= 0.3 is 0 Å². The minimum atomic E-state index is -0.694. The zero-order chi connectivity index (χ0) is 14.8. The molecule has 6 heteroatoms. The summed E-state index contributed by atoms with van der Waals surface area (Å²) in [5.41, 5.74) is 6.31. The second kappa shape index (κ2) is 6.11. The van der Waals surface area contributed by atoms with Crippen LogP contribution >= 0.6 is 15.9 Å². The average Bonchev–Trinajstić information content (AvgIpc) is 2.31. The van der Waals surface area contributed by atoms with E-state index in [1.807, 2.05) is 11.8 Å². The number of likely N-dealkylation sites (tertiary alicyclic amines) is 1. The molecule has 110 valence electrons. The van der Waals surface area contributed by atoms with Gasteiger partial charge in [-0.2, -0.15) is 0 Å². The Kier molecular flexibility index (Phi) is 4.67. The van der Waals surface area contributed by atoms with Crippen molar-refractivity contribution in [1.29, 1.82) is 0 Å². The summed E-state index contributed by atoms with van der Waals surface area (Å²) in [4.78, 5) is 14.0. The fraction of sp³-hybridized carbons (Fsp3) is 0.500. The summed E-state index contributed by atoms with van der Waals surface area (Å²) >= 11 is 3.37. The number of amides is 1. The van der Waals surface area contributed by atoms with Crippen molar-refractivity contribution in [2.45, 2.75) is 25.4 Å². The van der Waals surface area contributed by atoms with E-state index < -0.39 is 5.60 Å². The van der Waals surface area contributed by atoms with Gasteiger partial charge in [0.25, 0.3) is 0 Å². The molecule has 0 bridgehead atoms. The van der Waals surface area contributed by atoms with Gasteiger partial charge < -0.3 is 16.2 Å². The molecule has 1 heterocycles. The lowest BCUT2D eigenvalue weighted by Crippen LogP contribution is -2.48. The summed E-state index contributed by atoms with van der Waals surface area (Å²) < 4.78 is 0.761. The van der Waals surface area contributed by atoms with E-state index in [9.17, 15) is 9.90 Å². The Bertz CT molecular complexity index is 505. The number of β-amino-alcohol motifs (C(OH)–C–C–N with tert-alkyl or cyclic N) is 1. The van der Waals surface area contributed by atoms with E-state index in [1.54, 1.807) is 18.2 Å². The fourth-order valence-electron chi connectivity index (χ4n) is 2.48. The number of piperidine rings is 1. The lowest BCUT2D eigenvalue weighted by atomic mass is 9.95. The van der Waals surface area contributed by atoms with Gasteiger partial charge in [0.05, 0.1) is 17.8 Å². The quantitative estimate of drug-likeness (QED) is 0.732. The van der Waals surface area contributed by atoms with Crippen molar-refractivity contribution in [3.63, 3.8) is 0 Å². The van der Waals surface area contributed by atoms with Gasteiger partial charge in [-0.25, -0.2) is 0 Å². The number of nitrogens with zero attached hydrogens (tertiary/aromatic N) is 1. The Hall–Kier alpha value is -1.11. The van der Waals surface area contributed by atoms with Crippen LogP contribution in [0.2, 0.25) is 0 Å². The highest BCUT2D eigenvalue weighted by molar-refractivity contribution is 9.10. The second-order valence-corrected chi connectivity index (χ2v) is 6.45. The number of carbonyl (C=O) groups excluding carboxylic acids is 1. The van der Waals surface area contributed by atoms with E-state index in [-0.39, 0.29) is 12.5 Å². The monoisotopic (exact) mass is 341 g/mol. The lowest BCUT2D eigenvalue weighted by molar-refractivity contribution is -0.118. The molecule has 1 aromatic rings. The third-order valence-corrected chi connectivity index (χ3v) is 4.04. The molecule has 1 aliphatic rings. The molecule has 1 unspecified atom stereocenters. The minimum Gasteiger partial charge on any atom is -0.399 e. The number of rotatable bonds is 3. The highest BCUT2D eigenvalue weighted by Crippen LogP contribution is 2.25. The molecule has 1 aliphatic heterocycles. The van der Waals surface area contributed by atoms with E-state index in [1.165, 1.54) is 0 Å². The number of halogens is 1. The maximum Gasteiger partial charge on any atom is 0.238 e. The SMILES string of the molecule is CC1(O)CCCN(CC(=O)Nc2ccc(N)cc2Br)C1. The molecule has 0 spiro atoms. The summed E-state index contributed by atoms with van der Waals surface area (Å²) in [6, 6.07) is 5.26. The molecule has 1 aromatic carbocycles. The first kappa shape index (κ1) is 15.3. The summed E-state index contributed by atoms with van der Waals surface area (Å²) in [5, 5.41) is 12.9. The van der Waals surface area contributed by atoms with Gasteiger partial charge in [-0.3, -0.25) is 9.69 Å². The zero-order valence-corrected chi connectivity index (χ0v) is 13.1. The van der Waals surface area contributed by atoms with Gasteiger partial charge in [0, 0.05) is 16.7 Å². The third-order valence-electron chi connectivity index (χ3n) is 3.39. The topological polar surface area (TPSA) is 78.6 Å². The van der Waals surface area contributed by atoms with Crippen LogP contribution in [0.15, 0.2) is 22.7 Å². The number of hydrogen-bond donors (Lipinski definition) is 3. The van der Waals surface area contributed by atoms with Crippen LogP contribution in [-0.2, 0) is 4.79 Å². The van der Waals surface area contributed by atoms with Crippen LogP contribution < -0.4 is 11.1 Å². The van der Waals surface area contributed by atoms with Crippen LogP contribution in [0.1, 0.15) is 19.8 Å². The smallest absolute Gasteiger partial charge is 0.238 e. The molecule has 0 aromatic heterocycles. The number of nitrogen functional groups attached to an aromatic ring is 1. The lowest BCUT2D eigenvalue weighted by Gasteiger charge is -2.36. The average molecular weight is 342 g/mol. The third kappa shape index (κ3) is 4.19. The summed E-state index contributed by atoms with van der Waals surface area (Å²) in [5.74, 6) is -0.0897.